The molecule has 0 radical (unpaired) electrons. The van der Waals surface area contributed by atoms with Gasteiger partial charge in [0.1, 0.15) is 11.6 Å². The first-order valence-corrected chi connectivity index (χ1v) is 8.96. The monoisotopic (exact) mass is 346 g/mol. The lowest BCUT2D eigenvalue weighted by Gasteiger charge is -2.39. The van der Waals surface area contributed by atoms with Crippen molar-refractivity contribution in [1.29, 1.82) is 0 Å². The third-order valence-electron chi connectivity index (χ3n) is 4.48. The Morgan fingerprint density at radius 2 is 1.92 bits per heavy atom. The standard InChI is InChI=1S/C20H30N2O3/c1-13-9-10-14(2)16(12-13)21-18(23)17-15(3)8-7-11-22(17)19(24)25-20(4,5)6/h9-10,12,15,17H,7-8,11H2,1-6H3,(H,21,23)/t15-,17?/m1/s1. The third kappa shape index (κ3) is 4.97. The SMILES string of the molecule is Cc1ccc(C)c(NC(=O)C2[C@H](C)CCCN2C(=O)OC(C)(C)C)c1. The maximum Gasteiger partial charge on any atom is 0.410 e. The second-order valence-corrected chi connectivity index (χ2v) is 8.05. The molecule has 0 saturated carbocycles. The third-order valence-corrected chi connectivity index (χ3v) is 4.48. The van der Waals surface area contributed by atoms with Crippen LogP contribution in [0.3, 0.4) is 0 Å². The maximum atomic E-state index is 13.0. The fourth-order valence-corrected chi connectivity index (χ4v) is 3.19. The molecule has 0 aliphatic carbocycles. The van der Waals surface area contributed by atoms with Gasteiger partial charge in [0.2, 0.25) is 5.91 Å². The Morgan fingerprint density at radius 1 is 1.24 bits per heavy atom. The first-order chi connectivity index (χ1) is 11.6. The highest BCUT2D eigenvalue weighted by Gasteiger charge is 2.39. The van der Waals surface area contributed by atoms with E-state index in [9.17, 15) is 9.59 Å². The number of amides is 2. The number of piperidine rings is 1. The number of hydrogen-bond acceptors (Lipinski definition) is 3. The topological polar surface area (TPSA) is 58.6 Å². The van der Waals surface area contributed by atoms with Crippen LogP contribution in [-0.2, 0) is 9.53 Å². The van der Waals surface area contributed by atoms with E-state index in [0.717, 1.165) is 29.7 Å². The lowest BCUT2D eigenvalue weighted by atomic mass is 9.90. The highest BCUT2D eigenvalue weighted by Crippen LogP contribution is 2.27. The molecule has 1 N–H and O–H groups in total. The molecule has 5 heteroatoms. The van der Waals surface area contributed by atoms with Crippen molar-refractivity contribution in [2.75, 3.05) is 11.9 Å². The highest BCUT2D eigenvalue weighted by atomic mass is 16.6. The van der Waals surface area contributed by atoms with E-state index in [1.807, 2.05) is 59.7 Å². The summed E-state index contributed by atoms with van der Waals surface area (Å²) in [6.45, 7) is 12.0. The number of likely N-dealkylation sites (tertiary alicyclic amines) is 1. The Labute approximate surface area is 150 Å². The van der Waals surface area contributed by atoms with Gasteiger partial charge in [-0.15, -0.1) is 0 Å². The van der Waals surface area contributed by atoms with Gasteiger partial charge in [-0.2, -0.15) is 0 Å². The minimum absolute atomic E-state index is 0.0892. The van der Waals surface area contributed by atoms with Crippen molar-refractivity contribution < 1.29 is 14.3 Å². The Balaban J connectivity index is 2.20. The number of ether oxygens (including phenoxy) is 1. The van der Waals surface area contributed by atoms with Crippen LogP contribution in [0.15, 0.2) is 18.2 Å². The molecule has 0 aromatic heterocycles. The van der Waals surface area contributed by atoms with Gasteiger partial charge in [0.25, 0.3) is 0 Å². The molecule has 1 unspecified atom stereocenters. The van der Waals surface area contributed by atoms with E-state index < -0.39 is 17.7 Å². The van der Waals surface area contributed by atoms with E-state index in [-0.39, 0.29) is 11.8 Å². The van der Waals surface area contributed by atoms with Gasteiger partial charge in [-0.05, 0) is 70.6 Å². The summed E-state index contributed by atoms with van der Waals surface area (Å²) in [6, 6.07) is 5.45. The van der Waals surface area contributed by atoms with Crippen molar-refractivity contribution in [3.8, 4) is 0 Å². The molecule has 138 valence electrons. The van der Waals surface area contributed by atoms with Gasteiger partial charge in [-0.3, -0.25) is 9.69 Å². The Hall–Kier alpha value is -2.04. The van der Waals surface area contributed by atoms with E-state index in [0.29, 0.717) is 6.54 Å². The van der Waals surface area contributed by atoms with Gasteiger partial charge in [0, 0.05) is 12.2 Å². The van der Waals surface area contributed by atoms with Crippen LogP contribution in [0.4, 0.5) is 10.5 Å². The van der Waals surface area contributed by atoms with Crippen molar-refractivity contribution in [3.05, 3.63) is 29.3 Å². The molecule has 2 rings (SSSR count). The van der Waals surface area contributed by atoms with Gasteiger partial charge < -0.3 is 10.1 Å². The number of nitrogens with one attached hydrogen (secondary N) is 1. The second kappa shape index (κ2) is 7.46. The minimum Gasteiger partial charge on any atom is -0.444 e. The van der Waals surface area contributed by atoms with Crippen molar-refractivity contribution in [1.82, 2.24) is 4.90 Å². The molecule has 0 bridgehead atoms. The molecule has 1 aromatic rings. The minimum atomic E-state index is -0.577. The number of carbonyl (C=O) groups is 2. The average Bonchev–Trinajstić information content (AvgIpc) is 2.48. The van der Waals surface area contributed by atoms with E-state index in [1.165, 1.54) is 0 Å². The number of nitrogens with zero attached hydrogens (tertiary/aromatic N) is 1. The predicted octanol–water partition coefficient (Wildman–Crippen LogP) is 4.28. The summed E-state index contributed by atoms with van der Waals surface area (Å²) in [5.74, 6) is -0.0573. The Kier molecular flexibility index (Phi) is 5.76. The lowest BCUT2D eigenvalue weighted by molar-refractivity contribution is -0.124. The molecule has 1 aliphatic rings. The van der Waals surface area contributed by atoms with Crippen LogP contribution in [0.5, 0.6) is 0 Å². The predicted molar refractivity (Wildman–Crippen MR) is 99.7 cm³/mol. The fraction of sp³-hybridized carbons (Fsp3) is 0.600. The smallest absolute Gasteiger partial charge is 0.410 e. The van der Waals surface area contributed by atoms with Gasteiger partial charge in [0.15, 0.2) is 0 Å². The molecular formula is C20H30N2O3. The first-order valence-electron chi connectivity index (χ1n) is 8.96. The molecule has 1 saturated heterocycles. The van der Waals surface area contributed by atoms with E-state index >= 15 is 0 Å². The number of aryl methyl sites for hydroxylation is 2. The van der Waals surface area contributed by atoms with Crippen LogP contribution in [0, 0.1) is 19.8 Å². The highest BCUT2D eigenvalue weighted by molar-refractivity contribution is 5.97. The summed E-state index contributed by atoms with van der Waals surface area (Å²) in [6.07, 6.45) is 1.39. The molecule has 5 nitrogen and oxygen atoms in total. The van der Waals surface area contributed by atoms with Crippen LogP contribution in [0.25, 0.3) is 0 Å². The Bertz CT molecular complexity index is 649. The maximum absolute atomic E-state index is 13.0. The van der Waals surface area contributed by atoms with Crippen molar-refractivity contribution in [2.45, 2.75) is 66.0 Å². The van der Waals surface area contributed by atoms with E-state index in [4.69, 9.17) is 4.74 Å². The summed E-state index contributed by atoms with van der Waals surface area (Å²) >= 11 is 0. The lowest BCUT2D eigenvalue weighted by Crippen LogP contribution is -2.54. The molecule has 1 heterocycles. The van der Waals surface area contributed by atoms with Gasteiger partial charge in [0.05, 0.1) is 0 Å². The second-order valence-electron chi connectivity index (χ2n) is 8.05. The van der Waals surface area contributed by atoms with Crippen molar-refractivity contribution in [3.63, 3.8) is 0 Å². The van der Waals surface area contributed by atoms with Gasteiger partial charge >= 0.3 is 6.09 Å². The molecule has 2 atom stereocenters. The molecule has 1 aromatic carbocycles. The quantitative estimate of drug-likeness (QED) is 0.869. The van der Waals surface area contributed by atoms with Gasteiger partial charge in [-0.25, -0.2) is 4.79 Å². The molecule has 1 fully saturated rings. The number of carbonyl (C=O) groups excluding carboxylic acids is 2. The fourth-order valence-electron chi connectivity index (χ4n) is 3.19. The summed E-state index contributed by atoms with van der Waals surface area (Å²) in [4.78, 5) is 27.1. The largest absolute Gasteiger partial charge is 0.444 e. The zero-order valence-corrected chi connectivity index (χ0v) is 16.2. The Morgan fingerprint density at radius 3 is 2.56 bits per heavy atom. The number of benzene rings is 1. The molecule has 1 aliphatic heterocycles. The zero-order chi connectivity index (χ0) is 18.8. The van der Waals surface area contributed by atoms with Crippen molar-refractivity contribution in [2.24, 2.45) is 5.92 Å². The summed E-state index contributed by atoms with van der Waals surface area (Å²) in [7, 11) is 0. The summed E-state index contributed by atoms with van der Waals surface area (Å²) < 4.78 is 5.51. The average molecular weight is 346 g/mol. The van der Waals surface area contributed by atoms with Crippen LogP contribution < -0.4 is 5.32 Å². The van der Waals surface area contributed by atoms with E-state index in [1.54, 1.807) is 4.90 Å². The number of hydrogen-bond donors (Lipinski definition) is 1. The van der Waals surface area contributed by atoms with Gasteiger partial charge in [-0.1, -0.05) is 19.1 Å². The van der Waals surface area contributed by atoms with Crippen LogP contribution in [0.2, 0.25) is 0 Å². The normalized spacial score (nSPS) is 21.0. The summed E-state index contributed by atoms with van der Waals surface area (Å²) in [5, 5.41) is 3.01. The van der Waals surface area contributed by atoms with Crippen molar-refractivity contribution >= 4 is 17.7 Å². The van der Waals surface area contributed by atoms with Crippen LogP contribution >= 0.6 is 0 Å². The molecule has 0 spiro atoms. The van der Waals surface area contributed by atoms with Crippen LogP contribution in [0.1, 0.15) is 51.7 Å². The molecular weight excluding hydrogens is 316 g/mol. The summed E-state index contributed by atoms with van der Waals surface area (Å²) in [5.41, 5.74) is 2.31. The van der Waals surface area contributed by atoms with E-state index in [2.05, 4.69) is 5.32 Å². The molecule has 2 amide bonds. The number of anilines is 1. The first kappa shape index (κ1) is 19.3. The zero-order valence-electron chi connectivity index (χ0n) is 16.2. The molecule has 25 heavy (non-hydrogen) atoms. The number of rotatable bonds is 2. The van der Waals surface area contributed by atoms with Crippen LogP contribution in [-0.4, -0.2) is 35.1 Å².